The Hall–Kier alpha value is 0.0700. The monoisotopic (exact) mass is 302 g/mol. The minimum absolute atomic E-state index is 0.400. The first kappa shape index (κ1) is 14.5. The van der Waals surface area contributed by atoms with Crippen LogP contribution in [-0.4, -0.2) is 26.7 Å². The average molecular weight is 303 g/mol. The molecule has 0 N–H and O–H groups in total. The molecule has 0 aliphatic carbocycles. The number of nitrogens with zero attached hydrogens (tertiary/aromatic N) is 2. The smallest absolute Gasteiger partial charge is 0.142 e. The van der Waals surface area contributed by atoms with E-state index >= 15 is 0 Å². The highest BCUT2D eigenvalue weighted by molar-refractivity contribution is 8.06. The summed E-state index contributed by atoms with van der Waals surface area (Å²) in [6.45, 7) is 6.60. The molecule has 2 nitrogen and oxygen atoms in total. The topological polar surface area (TPSA) is 25.8 Å². The zero-order chi connectivity index (χ0) is 13.1. The second kappa shape index (κ2) is 6.49. The fourth-order valence-electron chi connectivity index (χ4n) is 2.09. The van der Waals surface area contributed by atoms with Gasteiger partial charge in [0.1, 0.15) is 5.82 Å². The van der Waals surface area contributed by atoms with Crippen molar-refractivity contribution in [1.29, 1.82) is 0 Å². The summed E-state index contributed by atoms with van der Waals surface area (Å²) < 4.78 is 0. The molecule has 0 aromatic carbocycles. The van der Waals surface area contributed by atoms with Crippen LogP contribution in [0.5, 0.6) is 0 Å². The van der Waals surface area contributed by atoms with Crippen LogP contribution in [0.2, 0.25) is 0 Å². The molecule has 2 rings (SSSR count). The predicted molar refractivity (Wildman–Crippen MR) is 82.8 cm³/mol. The quantitative estimate of drug-likeness (QED) is 0.780. The van der Waals surface area contributed by atoms with E-state index < -0.39 is 0 Å². The van der Waals surface area contributed by atoms with Crippen molar-refractivity contribution >= 4 is 35.1 Å². The van der Waals surface area contributed by atoms with Crippen molar-refractivity contribution < 1.29 is 0 Å². The van der Waals surface area contributed by atoms with E-state index in [4.69, 9.17) is 16.6 Å². The van der Waals surface area contributed by atoms with Crippen molar-refractivity contribution in [3.8, 4) is 0 Å². The summed E-state index contributed by atoms with van der Waals surface area (Å²) in [5, 5.41) is 1.01. The summed E-state index contributed by atoms with van der Waals surface area (Å²) >= 11 is 9.95. The molecule has 18 heavy (non-hydrogen) atoms. The minimum atomic E-state index is 0.400. The van der Waals surface area contributed by atoms with Crippen LogP contribution in [0.1, 0.15) is 49.0 Å². The number of aromatic nitrogens is 2. The molecule has 2 unspecified atom stereocenters. The van der Waals surface area contributed by atoms with E-state index in [-0.39, 0.29) is 0 Å². The summed E-state index contributed by atoms with van der Waals surface area (Å²) in [6.07, 6.45) is 1.91. The largest absolute Gasteiger partial charge is 0.240 e. The maximum absolute atomic E-state index is 5.95. The number of alkyl halides is 1. The summed E-state index contributed by atoms with van der Waals surface area (Å²) in [4.78, 5) is 9.32. The molecule has 0 saturated carbocycles. The molecular weight excluding hydrogens is 284 g/mol. The fourth-order valence-corrected chi connectivity index (χ4v) is 4.99. The molecule has 0 bridgehead atoms. The lowest BCUT2D eigenvalue weighted by atomic mass is 10.1. The molecule has 2 atom stereocenters. The van der Waals surface area contributed by atoms with Crippen LogP contribution < -0.4 is 0 Å². The summed E-state index contributed by atoms with van der Waals surface area (Å²) in [5.74, 6) is 4.31. The molecule has 100 valence electrons. The molecule has 1 aliphatic heterocycles. The van der Waals surface area contributed by atoms with Crippen molar-refractivity contribution in [3.63, 3.8) is 0 Å². The van der Waals surface area contributed by atoms with Crippen molar-refractivity contribution in [2.24, 2.45) is 0 Å². The normalized spacial score (nSPS) is 24.5. The highest BCUT2D eigenvalue weighted by Gasteiger charge is 2.27. The zero-order valence-corrected chi connectivity index (χ0v) is 13.4. The number of rotatable bonds is 3. The van der Waals surface area contributed by atoms with Crippen molar-refractivity contribution in [1.82, 2.24) is 9.97 Å². The van der Waals surface area contributed by atoms with Gasteiger partial charge in [-0.05, 0) is 5.92 Å². The van der Waals surface area contributed by atoms with E-state index in [9.17, 15) is 0 Å². The predicted octanol–water partition coefficient (Wildman–Crippen LogP) is 4.25. The molecule has 1 saturated heterocycles. The standard InChI is InChI=1S/C13H19ClN2S2/c1-8(2)11-10(6-14)7-15-13(16-11)12-9(3)17-4-5-18-12/h7-9,12H,4-6H2,1-3H3. The van der Waals surface area contributed by atoms with Gasteiger partial charge in [0.25, 0.3) is 0 Å². The Bertz CT molecular complexity index is 412. The minimum Gasteiger partial charge on any atom is -0.240 e. The Labute approximate surface area is 123 Å². The van der Waals surface area contributed by atoms with E-state index in [1.807, 2.05) is 29.7 Å². The van der Waals surface area contributed by atoms with Crippen molar-refractivity contribution in [2.75, 3.05) is 11.5 Å². The van der Waals surface area contributed by atoms with Gasteiger partial charge in [0.2, 0.25) is 0 Å². The maximum atomic E-state index is 5.95. The van der Waals surface area contributed by atoms with E-state index in [0.29, 0.717) is 22.3 Å². The molecular formula is C13H19ClN2S2. The highest BCUT2D eigenvalue weighted by atomic mass is 35.5. The first-order valence-electron chi connectivity index (χ1n) is 6.28. The second-order valence-corrected chi connectivity index (χ2v) is 7.80. The van der Waals surface area contributed by atoms with Crippen LogP contribution in [0.25, 0.3) is 0 Å². The van der Waals surface area contributed by atoms with Gasteiger partial charge >= 0.3 is 0 Å². The van der Waals surface area contributed by atoms with Gasteiger partial charge in [0.15, 0.2) is 0 Å². The Balaban J connectivity index is 2.30. The van der Waals surface area contributed by atoms with Gasteiger partial charge in [-0.3, -0.25) is 0 Å². The van der Waals surface area contributed by atoms with Gasteiger partial charge < -0.3 is 0 Å². The molecule has 0 amide bonds. The molecule has 5 heteroatoms. The molecule has 1 aliphatic rings. The lowest BCUT2D eigenvalue weighted by Crippen LogP contribution is -2.19. The Kier molecular flexibility index (Phi) is 5.22. The first-order valence-corrected chi connectivity index (χ1v) is 8.91. The van der Waals surface area contributed by atoms with Gasteiger partial charge in [-0.25, -0.2) is 9.97 Å². The van der Waals surface area contributed by atoms with Crippen LogP contribution in [0.15, 0.2) is 6.20 Å². The highest BCUT2D eigenvalue weighted by Crippen LogP contribution is 2.41. The lowest BCUT2D eigenvalue weighted by Gasteiger charge is -2.27. The van der Waals surface area contributed by atoms with E-state index in [1.165, 1.54) is 11.5 Å². The van der Waals surface area contributed by atoms with Crippen LogP contribution in [0.4, 0.5) is 0 Å². The van der Waals surface area contributed by atoms with Gasteiger partial charge in [-0.1, -0.05) is 20.8 Å². The van der Waals surface area contributed by atoms with Gasteiger partial charge in [-0.2, -0.15) is 11.8 Å². The third-order valence-electron chi connectivity index (χ3n) is 3.05. The Morgan fingerprint density at radius 1 is 1.39 bits per heavy atom. The van der Waals surface area contributed by atoms with Crippen molar-refractivity contribution in [3.05, 3.63) is 23.3 Å². The molecule has 0 radical (unpaired) electrons. The fraction of sp³-hybridized carbons (Fsp3) is 0.692. The zero-order valence-electron chi connectivity index (χ0n) is 11.0. The van der Waals surface area contributed by atoms with Crippen LogP contribution in [0, 0.1) is 0 Å². The van der Waals surface area contributed by atoms with E-state index in [2.05, 4.69) is 25.8 Å². The van der Waals surface area contributed by atoms with E-state index in [1.54, 1.807) is 0 Å². The van der Waals surface area contributed by atoms with Gasteiger partial charge in [-0.15, -0.1) is 23.4 Å². The maximum Gasteiger partial charge on any atom is 0.142 e. The van der Waals surface area contributed by atoms with E-state index in [0.717, 1.165) is 17.1 Å². The second-order valence-electron chi connectivity index (χ2n) is 4.79. The first-order chi connectivity index (χ1) is 8.63. The SMILES string of the molecule is CC(C)c1nc(C2SCCSC2C)ncc1CCl. The molecule has 1 aromatic rings. The molecule has 1 fully saturated rings. The van der Waals surface area contributed by atoms with Crippen LogP contribution >= 0.6 is 35.1 Å². The summed E-state index contributed by atoms with van der Waals surface area (Å²) in [7, 11) is 0. The summed E-state index contributed by atoms with van der Waals surface area (Å²) in [6, 6.07) is 0. The molecule has 2 heterocycles. The number of hydrogen-bond acceptors (Lipinski definition) is 4. The molecule has 1 aromatic heterocycles. The number of hydrogen-bond donors (Lipinski definition) is 0. The number of halogens is 1. The van der Waals surface area contributed by atoms with Crippen molar-refractivity contribution in [2.45, 2.75) is 43.1 Å². The average Bonchev–Trinajstić information content (AvgIpc) is 2.38. The Morgan fingerprint density at radius 3 is 2.72 bits per heavy atom. The summed E-state index contributed by atoms with van der Waals surface area (Å²) in [5.41, 5.74) is 2.18. The van der Waals surface area contributed by atoms with Gasteiger partial charge in [0, 0.05) is 28.5 Å². The lowest BCUT2D eigenvalue weighted by molar-refractivity contribution is 0.747. The van der Waals surface area contributed by atoms with Crippen LogP contribution in [-0.2, 0) is 5.88 Å². The van der Waals surface area contributed by atoms with Crippen LogP contribution in [0.3, 0.4) is 0 Å². The van der Waals surface area contributed by atoms with Gasteiger partial charge in [0.05, 0.1) is 16.8 Å². The Morgan fingerprint density at radius 2 is 2.11 bits per heavy atom. The number of thioether (sulfide) groups is 2. The third kappa shape index (κ3) is 3.14. The molecule has 0 spiro atoms. The third-order valence-corrected chi connectivity index (χ3v) is 6.42.